The third kappa shape index (κ3) is 5.56. The molecular weight excluding hydrogens is 370 g/mol. The van der Waals surface area contributed by atoms with Crippen LogP contribution in [-0.2, 0) is 14.8 Å². The molecule has 144 valence electrons. The third-order valence-electron chi connectivity index (χ3n) is 3.57. The fraction of sp³-hybridized carbons (Fsp3) is 0.294. The van der Waals surface area contributed by atoms with Crippen LogP contribution in [0.4, 0.5) is 5.95 Å². The lowest BCUT2D eigenvalue weighted by molar-refractivity contribution is -0.307. The van der Waals surface area contributed by atoms with Gasteiger partial charge in [-0.15, -0.1) is 0 Å². The summed E-state index contributed by atoms with van der Waals surface area (Å²) in [5, 5.41) is 14.9. The minimum absolute atomic E-state index is 0.0576. The van der Waals surface area contributed by atoms with E-state index in [1.165, 1.54) is 19.1 Å². The highest BCUT2D eigenvalue weighted by Crippen LogP contribution is 2.12. The predicted molar refractivity (Wildman–Crippen MR) is 98.6 cm³/mol. The largest absolute Gasteiger partial charge is 0.548 e. The quantitative estimate of drug-likeness (QED) is 0.514. The lowest BCUT2D eigenvalue weighted by Crippen LogP contribution is -2.45. The van der Waals surface area contributed by atoms with Crippen molar-refractivity contribution < 1.29 is 18.3 Å². The molecule has 1 aromatic carbocycles. The van der Waals surface area contributed by atoms with Gasteiger partial charge in [-0.05, 0) is 51.5 Å². The van der Waals surface area contributed by atoms with Gasteiger partial charge in [0.2, 0.25) is 16.0 Å². The molecule has 10 heteroatoms. The molecule has 27 heavy (non-hydrogen) atoms. The molecule has 2 aromatic rings. The number of hydrazone groups is 1. The number of anilines is 1. The van der Waals surface area contributed by atoms with Gasteiger partial charge in [0, 0.05) is 11.4 Å². The van der Waals surface area contributed by atoms with Crippen LogP contribution in [-0.4, -0.2) is 36.1 Å². The number of carboxylic acid groups (broad SMARTS) is 1. The number of aliphatic carboxylic acids is 1. The predicted octanol–water partition coefficient (Wildman–Crippen LogP) is 0.346. The highest BCUT2D eigenvalue weighted by Gasteiger charge is 2.17. The van der Waals surface area contributed by atoms with E-state index >= 15 is 0 Å². The second-order valence-electron chi connectivity index (χ2n) is 5.97. The van der Waals surface area contributed by atoms with Gasteiger partial charge in [-0.3, -0.25) is 0 Å². The molecule has 0 saturated carbocycles. The smallest absolute Gasteiger partial charge is 0.243 e. The fourth-order valence-electron chi connectivity index (χ4n) is 2.20. The van der Waals surface area contributed by atoms with Crippen LogP contribution in [0.3, 0.4) is 0 Å². The molecule has 2 rings (SSSR count). The van der Waals surface area contributed by atoms with Crippen LogP contribution in [0.1, 0.15) is 30.8 Å². The molecule has 0 unspecified atom stereocenters. The maximum Gasteiger partial charge on any atom is 0.243 e. The molecule has 0 aliphatic carbocycles. The molecule has 0 fully saturated rings. The molecule has 1 atom stereocenters. The lowest BCUT2D eigenvalue weighted by Gasteiger charge is -2.15. The van der Waals surface area contributed by atoms with E-state index < -0.39 is 22.0 Å². The van der Waals surface area contributed by atoms with Crippen molar-refractivity contribution in [1.82, 2.24) is 14.7 Å². The van der Waals surface area contributed by atoms with Crippen molar-refractivity contribution in [2.24, 2.45) is 5.10 Å². The Labute approximate surface area is 157 Å². The Bertz CT molecular complexity index is 951. The summed E-state index contributed by atoms with van der Waals surface area (Å²) in [4.78, 5) is 19.1. The van der Waals surface area contributed by atoms with Gasteiger partial charge in [0.05, 0.1) is 22.6 Å². The molecule has 9 nitrogen and oxygen atoms in total. The number of carbonyl (C=O) groups excluding carboxylic acids is 1. The SMILES string of the molecule is C/C(=N/Nc1nc(C)cc(C)n1)c1ccc(S(=O)(=O)N[C@@H](C)C(=O)[O-])cc1. The number of carbonyl (C=O) groups is 1. The van der Waals surface area contributed by atoms with Crippen LogP contribution in [0, 0.1) is 13.8 Å². The average Bonchev–Trinajstić information content (AvgIpc) is 2.58. The summed E-state index contributed by atoms with van der Waals surface area (Å²) in [5.74, 6) is -1.13. The molecule has 1 aromatic heterocycles. The van der Waals surface area contributed by atoms with Crippen LogP contribution >= 0.6 is 0 Å². The van der Waals surface area contributed by atoms with E-state index in [4.69, 9.17) is 0 Å². The van der Waals surface area contributed by atoms with Gasteiger partial charge in [0.25, 0.3) is 0 Å². The average molecular weight is 390 g/mol. The van der Waals surface area contributed by atoms with E-state index in [0.29, 0.717) is 17.2 Å². The van der Waals surface area contributed by atoms with Gasteiger partial charge < -0.3 is 9.90 Å². The number of hydrogen-bond donors (Lipinski definition) is 2. The van der Waals surface area contributed by atoms with Crippen LogP contribution in [0.15, 0.2) is 40.3 Å². The second-order valence-corrected chi connectivity index (χ2v) is 7.68. The van der Waals surface area contributed by atoms with Gasteiger partial charge >= 0.3 is 0 Å². The van der Waals surface area contributed by atoms with E-state index in [9.17, 15) is 18.3 Å². The van der Waals surface area contributed by atoms with E-state index in [1.807, 2.05) is 24.6 Å². The minimum Gasteiger partial charge on any atom is -0.548 e. The molecule has 0 aliphatic heterocycles. The van der Waals surface area contributed by atoms with Crippen LogP contribution in [0.2, 0.25) is 0 Å². The first-order chi connectivity index (χ1) is 12.6. The van der Waals surface area contributed by atoms with Crippen molar-refractivity contribution in [3.63, 3.8) is 0 Å². The summed E-state index contributed by atoms with van der Waals surface area (Å²) in [7, 11) is -3.96. The monoisotopic (exact) mass is 390 g/mol. The fourth-order valence-corrected chi connectivity index (χ4v) is 3.39. The molecule has 2 N–H and O–H groups in total. The highest BCUT2D eigenvalue weighted by atomic mass is 32.2. The topological polar surface area (TPSA) is 136 Å². The number of hydrogen-bond acceptors (Lipinski definition) is 8. The van der Waals surface area contributed by atoms with Crippen molar-refractivity contribution >= 4 is 27.7 Å². The molecule has 0 amide bonds. The Morgan fingerprint density at radius 1 is 1.15 bits per heavy atom. The molecular formula is C17H20N5O4S-. The Morgan fingerprint density at radius 3 is 2.22 bits per heavy atom. The second kappa shape index (κ2) is 8.23. The van der Waals surface area contributed by atoms with Gasteiger partial charge in [-0.2, -0.15) is 5.10 Å². The maximum absolute atomic E-state index is 12.1. The van der Waals surface area contributed by atoms with Gasteiger partial charge in [-0.25, -0.2) is 28.5 Å². The van der Waals surface area contributed by atoms with E-state index in [0.717, 1.165) is 11.4 Å². The van der Waals surface area contributed by atoms with Crippen LogP contribution in [0.25, 0.3) is 0 Å². The zero-order valence-electron chi connectivity index (χ0n) is 15.3. The van der Waals surface area contributed by atoms with E-state index in [2.05, 4.69) is 20.5 Å². The number of sulfonamides is 1. The maximum atomic E-state index is 12.1. The first kappa shape index (κ1) is 20.5. The normalized spacial score (nSPS) is 13.3. The summed E-state index contributed by atoms with van der Waals surface area (Å²) in [6.45, 7) is 6.64. The number of benzene rings is 1. The van der Waals surface area contributed by atoms with E-state index in [-0.39, 0.29) is 4.90 Å². The lowest BCUT2D eigenvalue weighted by atomic mass is 10.1. The molecule has 0 radical (unpaired) electrons. The number of nitrogens with zero attached hydrogens (tertiary/aromatic N) is 3. The number of rotatable bonds is 7. The number of nitrogens with one attached hydrogen (secondary N) is 2. The molecule has 0 aliphatic rings. The van der Waals surface area contributed by atoms with E-state index in [1.54, 1.807) is 19.1 Å². The zero-order valence-corrected chi connectivity index (χ0v) is 16.2. The summed E-state index contributed by atoms with van der Waals surface area (Å²) in [6, 6.07) is 6.39. The number of aryl methyl sites for hydroxylation is 2. The van der Waals surface area contributed by atoms with Crippen LogP contribution < -0.4 is 15.3 Å². The van der Waals surface area contributed by atoms with Gasteiger partial charge in [0.15, 0.2) is 0 Å². The van der Waals surface area contributed by atoms with Crippen molar-refractivity contribution in [2.75, 3.05) is 5.43 Å². The summed E-state index contributed by atoms with van der Waals surface area (Å²) in [5.41, 5.74) is 5.67. The first-order valence-electron chi connectivity index (χ1n) is 8.04. The van der Waals surface area contributed by atoms with Crippen molar-refractivity contribution in [3.05, 3.63) is 47.3 Å². The molecule has 0 spiro atoms. The van der Waals surface area contributed by atoms with Gasteiger partial charge in [0.1, 0.15) is 0 Å². The van der Waals surface area contributed by atoms with Gasteiger partial charge in [-0.1, -0.05) is 12.1 Å². The molecule has 0 saturated heterocycles. The van der Waals surface area contributed by atoms with Crippen LogP contribution in [0.5, 0.6) is 0 Å². The van der Waals surface area contributed by atoms with Crippen molar-refractivity contribution in [2.45, 2.75) is 38.6 Å². The Balaban J connectivity index is 2.14. The molecule has 1 heterocycles. The molecule has 0 bridgehead atoms. The Kier molecular flexibility index (Phi) is 6.24. The number of aromatic nitrogens is 2. The standard InChI is InChI=1S/C17H21N5O4S/c1-10-9-11(2)19-17(18-10)21-20-12(3)14-5-7-15(8-6-14)27(25,26)22-13(4)16(23)24/h5-9,13,22H,1-4H3,(H,23,24)(H,18,19,21)/p-1/b20-12-/t13-/m0/s1. The summed E-state index contributed by atoms with van der Waals surface area (Å²) >= 11 is 0. The zero-order chi connectivity index (χ0) is 20.2. The summed E-state index contributed by atoms with van der Waals surface area (Å²) in [6.07, 6.45) is 0. The minimum atomic E-state index is -3.96. The Hall–Kier alpha value is -2.85. The summed E-state index contributed by atoms with van der Waals surface area (Å²) < 4.78 is 26.3. The van der Waals surface area contributed by atoms with Crippen molar-refractivity contribution in [1.29, 1.82) is 0 Å². The Morgan fingerprint density at radius 2 is 1.70 bits per heavy atom. The highest BCUT2D eigenvalue weighted by molar-refractivity contribution is 7.89. The third-order valence-corrected chi connectivity index (χ3v) is 5.13. The first-order valence-corrected chi connectivity index (χ1v) is 9.53. The number of carboxylic acids is 1. The van der Waals surface area contributed by atoms with Crippen molar-refractivity contribution in [3.8, 4) is 0 Å².